The Morgan fingerprint density at radius 1 is 1.33 bits per heavy atom. The Morgan fingerprint density at radius 3 is 2.62 bits per heavy atom. The van der Waals surface area contributed by atoms with Crippen molar-refractivity contribution in [1.29, 1.82) is 0 Å². The Kier molecular flexibility index (Phi) is 6.48. The van der Waals surface area contributed by atoms with Crippen molar-refractivity contribution in [3.8, 4) is 0 Å². The Labute approximate surface area is 127 Å². The topological polar surface area (TPSA) is 32.3 Å². The van der Waals surface area contributed by atoms with E-state index in [4.69, 9.17) is 0 Å². The third kappa shape index (κ3) is 3.68. The van der Waals surface area contributed by atoms with Crippen LogP contribution in [-0.4, -0.2) is 36.5 Å². The number of nitrogens with zero attached hydrogens (tertiary/aromatic N) is 1. The first-order chi connectivity index (χ1) is 9.56. The van der Waals surface area contributed by atoms with Gasteiger partial charge in [0.05, 0.1) is 5.56 Å². The van der Waals surface area contributed by atoms with Crippen LogP contribution in [0.1, 0.15) is 30.1 Å². The number of rotatable bonds is 4. The van der Waals surface area contributed by atoms with Crippen molar-refractivity contribution >= 4 is 18.3 Å². The van der Waals surface area contributed by atoms with Gasteiger partial charge in [0.2, 0.25) is 0 Å². The van der Waals surface area contributed by atoms with Gasteiger partial charge in [-0.05, 0) is 31.5 Å². The molecule has 0 aliphatic carbocycles. The molecule has 0 saturated carbocycles. The molecule has 1 aliphatic heterocycles. The minimum atomic E-state index is -1.60. The molecule has 1 amide bonds. The zero-order chi connectivity index (χ0) is 14.7. The summed E-state index contributed by atoms with van der Waals surface area (Å²) in [6.45, 7) is 3.79. The molecule has 0 radical (unpaired) electrons. The lowest BCUT2D eigenvalue weighted by molar-refractivity contribution is 0.0686. The van der Waals surface area contributed by atoms with E-state index in [2.05, 4.69) is 5.32 Å². The molecule has 118 valence electrons. The summed E-state index contributed by atoms with van der Waals surface area (Å²) in [6, 6.07) is 1.75. The highest BCUT2D eigenvalue weighted by atomic mass is 35.5. The fourth-order valence-corrected chi connectivity index (χ4v) is 2.44. The predicted molar refractivity (Wildman–Crippen MR) is 76.2 cm³/mol. The van der Waals surface area contributed by atoms with Crippen LogP contribution in [0, 0.1) is 17.5 Å². The second-order valence-electron chi connectivity index (χ2n) is 4.87. The fourth-order valence-electron chi connectivity index (χ4n) is 2.44. The smallest absolute Gasteiger partial charge is 0.257 e. The van der Waals surface area contributed by atoms with Crippen LogP contribution in [0.25, 0.3) is 0 Å². The summed E-state index contributed by atoms with van der Waals surface area (Å²) in [7, 11) is 0. The van der Waals surface area contributed by atoms with Gasteiger partial charge in [-0.25, -0.2) is 13.2 Å². The van der Waals surface area contributed by atoms with E-state index in [9.17, 15) is 18.0 Å². The molecule has 0 aromatic heterocycles. The van der Waals surface area contributed by atoms with Crippen LogP contribution < -0.4 is 5.32 Å². The molecule has 1 unspecified atom stereocenters. The molecule has 1 atom stereocenters. The molecule has 1 aromatic rings. The van der Waals surface area contributed by atoms with E-state index in [0.29, 0.717) is 19.5 Å². The molecule has 21 heavy (non-hydrogen) atoms. The van der Waals surface area contributed by atoms with Crippen LogP contribution in [0.2, 0.25) is 0 Å². The third-order valence-electron chi connectivity index (χ3n) is 3.47. The quantitative estimate of drug-likeness (QED) is 0.865. The molecule has 1 saturated heterocycles. The van der Waals surface area contributed by atoms with Gasteiger partial charge in [-0.3, -0.25) is 4.79 Å². The fraction of sp³-hybridized carbons (Fsp3) is 0.500. The van der Waals surface area contributed by atoms with E-state index in [1.165, 1.54) is 4.90 Å². The summed E-state index contributed by atoms with van der Waals surface area (Å²) in [6.07, 6.45) is 1.49. The first-order valence-electron chi connectivity index (χ1n) is 6.71. The van der Waals surface area contributed by atoms with E-state index >= 15 is 0 Å². The van der Waals surface area contributed by atoms with Gasteiger partial charge in [0.25, 0.3) is 5.91 Å². The van der Waals surface area contributed by atoms with Crippen LogP contribution in [0.5, 0.6) is 0 Å². The molecule has 1 aromatic carbocycles. The van der Waals surface area contributed by atoms with Gasteiger partial charge in [0.15, 0.2) is 17.5 Å². The van der Waals surface area contributed by atoms with Crippen LogP contribution in [0.4, 0.5) is 13.2 Å². The number of hydrogen-bond donors (Lipinski definition) is 1. The standard InChI is InChI=1S/C14H17F3N2O.ClH/c1-2-7-19(9-5-6-18-8-9)14(20)10-3-4-11(15)13(17)12(10)16;/h3-4,9,18H,2,5-8H2,1H3;1H. The summed E-state index contributed by atoms with van der Waals surface area (Å²) in [5.41, 5.74) is -0.413. The maximum absolute atomic E-state index is 13.7. The summed E-state index contributed by atoms with van der Waals surface area (Å²) < 4.78 is 39.9. The molecule has 0 spiro atoms. The Morgan fingerprint density at radius 2 is 2.05 bits per heavy atom. The first kappa shape index (κ1) is 17.8. The van der Waals surface area contributed by atoms with Gasteiger partial charge in [-0.1, -0.05) is 6.92 Å². The summed E-state index contributed by atoms with van der Waals surface area (Å²) in [5.74, 6) is -4.89. The highest BCUT2D eigenvalue weighted by Crippen LogP contribution is 2.19. The summed E-state index contributed by atoms with van der Waals surface area (Å²) in [5, 5.41) is 3.13. The van der Waals surface area contributed by atoms with E-state index < -0.39 is 28.9 Å². The lowest BCUT2D eigenvalue weighted by Gasteiger charge is -2.28. The second-order valence-corrected chi connectivity index (χ2v) is 4.87. The zero-order valence-electron chi connectivity index (χ0n) is 11.7. The monoisotopic (exact) mass is 322 g/mol. The Balaban J connectivity index is 0.00000220. The van der Waals surface area contributed by atoms with E-state index in [0.717, 1.165) is 25.1 Å². The van der Waals surface area contributed by atoms with E-state index in [-0.39, 0.29) is 18.4 Å². The number of benzene rings is 1. The largest absolute Gasteiger partial charge is 0.334 e. The lowest BCUT2D eigenvalue weighted by atomic mass is 10.1. The highest BCUT2D eigenvalue weighted by molar-refractivity contribution is 5.94. The van der Waals surface area contributed by atoms with Crippen molar-refractivity contribution in [2.45, 2.75) is 25.8 Å². The van der Waals surface area contributed by atoms with Crippen molar-refractivity contribution in [2.75, 3.05) is 19.6 Å². The molecule has 1 aliphatic rings. The van der Waals surface area contributed by atoms with Gasteiger partial charge >= 0.3 is 0 Å². The number of carbonyl (C=O) groups is 1. The summed E-state index contributed by atoms with van der Waals surface area (Å²) >= 11 is 0. The van der Waals surface area contributed by atoms with E-state index in [1.807, 2.05) is 6.92 Å². The molecule has 0 bridgehead atoms. The van der Waals surface area contributed by atoms with E-state index in [1.54, 1.807) is 0 Å². The van der Waals surface area contributed by atoms with Crippen molar-refractivity contribution in [3.63, 3.8) is 0 Å². The molecule has 3 nitrogen and oxygen atoms in total. The molecule has 1 N–H and O–H groups in total. The molecular formula is C14H18ClF3N2O. The number of carbonyl (C=O) groups excluding carboxylic acids is 1. The minimum absolute atomic E-state index is 0. The SMILES string of the molecule is CCCN(C(=O)c1ccc(F)c(F)c1F)C1CCNC1.Cl. The maximum atomic E-state index is 13.7. The second kappa shape index (κ2) is 7.66. The number of hydrogen-bond acceptors (Lipinski definition) is 2. The first-order valence-corrected chi connectivity index (χ1v) is 6.71. The average molecular weight is 323 g/mol. The number of nitrogens with one attached hydrogen (secondary N) is 1. The van der Waals surface area contributed by atoms with Crippen LogP contribution in [0.3, 0.4) is 0 Å². The predicted octanol–water partition coefficient (Wildman–Crippen LogP) is 2.74. The van der Waals surface area contributed by atoms with Crippen molar-refractivity contribution < 1.29 is 18.0 Å². The van der Waals surface area contributed by atoms with Crippen molar-refractivity contribution in [1.82, 2.24) is 10.2 Å². The third-order valence-corrected chi connectivity index (χ3v) is 3.47. The lowest BCUT2D eigenvalue weighted by Crippen LogP contribution is -2.42. The molecule has 1 fully saturated rings. The minimum Gasteiger partial charge on any atom is -0.334 e. The van der Waals surface area contributed by atoms with Crippen molar-refractivity contribution in [2.24, 2.45) is 0 Å². The van der Waals surface area contributed by atoms with Crippen molar-refractivity contribution in [3.05, 3.63) is 35.1 Å². The Hall–Kier alpha value is -1.27. The zero-order valence-corrected chi connectivity index (χ0v) is 12.5. The molecule has 2 rings (SSSR count). The Bertz CT molecular complexity index is 507. The van der Waals surface area contributed by atoms with Gasteiger partial charge in [-0.15, -0.1) is 12.4 Å². The van der Waals surface area contributed by atoms with Gasteiger partial charge in [-0.2, -0.15) is 0 Å². The maximum Gasteiger partial charge on any atom is 0.257 e. The molecule has 1 heterocycles. The van der Waals surface area contributed by atoms with Crippen LogP contribution in [0.15, 0.2) is 12.1 Å². The van der Waals surface area contributed by atoms with Gasteiger partial charge in [0, 0.05) is 19.1 Å². The highest BCUT2D eigenvalue weighted by Gasteiger charge is 2.29. The average Bonchev–Trinajstić information content (AvgIpc) is 2.95. The normalized spacial score (nSPS) is 17.4. The molecule has 7 heteroatoms. The van der Waals surface area contributed by atoms with Crippen LogP contribution >= 0.6 is 12.4 Å². The van der Waals surface area contributed by atoms with Crippen LogP contribution in [-0.2, 0) is 0 Å². The van der Waals surface area contributed by atoms with Gasteiger partial charge in [0.1, 0.15) is 0 Å². The molecular weight excluding hydrogens is 305 g/mol. The number of halogens is 4. The summed E-state index contributed by atoms with van der Waals surface area (Å²) in [4.78, 5) is 13.9. The van der Waals surface area contributed by atoms with Gasteiger partial charge < -0.3 is 10.2 Å². The number of amides is 1.